The van der Waals surface area contributed by atoms with Gasteiger partial charge in [0.2, 0.25) is 5.60 Å². The largest absolute Gasteiger partial charge is 0.465 e. The first-order valence-electron chi connectivity index (χ1n) is 8.87. The van der Waals surface area contributed by atoms with E-state index in [-0.39, 0.29) is 12.0 Å². The van der Waals surface area contributed by atoms with Gasteiger partial charge in [-0.2, -0.15) is 0 Å². The number of halogens is 1. The van der Waals surface area contributed by atoms with Gasteiger partial charge in [-0.3, -0.25) is 4.79 Å². The number of ether oxygens (including phenoxy) is 1. The molecule has 0 saturated carbocycles. The van der Waals surface area contributed by atoms with Gasteiger partial charge in [0.15, 0.2) is 11.6 Å². The molecule has 0 fully saturated rings. The van der Waals surface area contributed by atoms with Crippen molar-refractivity contribution in [2.24, 2.45) is 16.5 Å². The Bertz CT molecular complexity index is 906. The molecule has 7 nitrogen and oxygen atoms in total. The zero-order chi connectivity index (χ0) is 19.2. The van der Waals surface area contributed by atoms with Crippen LogP contribution in [0.3, 0.4) is 0 Å². The highest BCUT2D eigenvalue weighted by Gasteiger charge is 2.62. The number of benzene rings is 1. The molecule has 2 aliphatic rings. The van der Waals surface area contributed by atoms with Crippen LogP contribution in [-0.2, 0) is 26.4 Å². The Hall–Kier alpha value is -2.41. The SMILES string of the molecule is CCOC(=O)[C@H]1C(c2ccc(Cl)cc2)=NO[C@@]12CC(C)(C)Cc1nonc12. The number of carbonyl (C=O) groups is 1. The van der Waals surface area contributed by atoms with Gasteiger partial charge in [0.1, 0.15) is 11.4 Å². The average molecular weight is 390 g/mol. The van der Waals surface area contributed by atoms with Gasteiger partial charge < -0.3 is 9.57 Å². The van der Waals surface area contributed by atoms with Crippen molar-refractivity contribution in [1.82, 2.24) is 10.3 Å². The van der Waals surface area contributed by atoms with Crippen LogP contribution in [0.4, 0.5) is 0 Å². The Morgan fingerprint density at radius 3 is 2.74 bits per heavy atom. The summed E-state index contributed by atoms with van der Waals surface area (Å²) in [5, 5.41) is 13.0. The minimum absolute atomic E-state index is 0.179. The monoisotopic (exact) mass is 389 g/mol. The normalized spacial score (nSPS) is 25.6. The highest BCUT2D eigenvalue weighted by atomic mass is 35.5. The predicted molar refractivity (Wildman–Crippen MR) is 97.3 cm³/mol. The summed E-state index contributed by atoms with van der Waals surface area (Å²) in [6, 6.07) is 7.12. The van der Waals surface area contributed by atoms with Gasteiger partial charge in [0.25, 0.3) is 0 Å². The second kappa shape index (κ2) is 6.34. The first kappa shape index (κ1) is 18.0. The fourth-order valence-electron chi connectivity index (χ4n) is 4.09. The van der Waals surface area contributed by atoms with Gasteiger partial charge >= 0.3 is 5.97 Å². The molecule has 8 heteroatoms. The predicted octanol–water partition coefficient (Wildman–Crippen LogP) is 3.50. The zero-order valence-electron chi connectivity index (χ0n) is 15.4. The molecule has 27 heavy (non-hydrogen) atoms. The van der Waals surface area contributed by atoms with E-state index >= 15 is 0 Å². The summed E-state index contributed by atoms with van der Waals surface area (Å²) in [5.41, 5.74) is 1.17. The molecule has 1 aromatic carbocycles. The van der Waals surface area contributed by atoms with Crippen molar-refractivity contribution in [3.8, 4) is 0 Å². The molecule has 1 aromatic heterocycles. The number of carbonyl (C=O) groups excluding carboxylic acids is 1. The number of fused-ring (bicyclic) bond motifs is 2. The smallest absolute Gasteiger partial charge is 0.319 e. The van der Waals surface area contributed by atoms with Crippen molar-refractivity contribution in [3.63, 3.8) is 0 Å². The van der Waals surface area contributed by atoms with E-state index in [0.717, 1.165) is 5.56 Å². The molecule has 0 N–H and O–H groups in total. The van der Waals surface area contributed by atoms with Crippen LogP contribution in [0, 0.1) is 11.3 Å². The summed E-state index contributed by atoms with van der Waals surface area (Å²) in [5.74, 6) is -1.18. The summed E-state index contributed by atoms with van der Waals surface area (Å²) in [6.45, 7) is 6.22. The van der Waals surface area contributed by atoms with Crippen LogP contribution < -0.4 is 0 Å². The van der Waals surface area contributed by atoms with Gasteiger partial charge in [-0.05, 0) is 24.5 Å². The standard InChI is InChI=1S/C19H20ClN3O4/c1-4-25-17(24)14-15(11-5-7-12(20)8-6-11)22-26-19(14)10-18(2,3)9-13-16(19)23-27-21-13/h5-8,14H,4,9-10H2,1-3H3/t14-,19+/m1/s1. The van der Waals surface area contributed by atoms with Gasteiger partial charge in [0, 0.05) is 23.4 Å². The first-order valence-corrected chi connectivity index (χ1v) is 9.25. The third kappa shape index (κ3) is 2.90. The molecule has 0 radical (unpaired) electrons. The maximum absolute atomic E-state index is 13.0. The molecule has 1 aliphatic carbocycles. The number of oxime groups is 1. The molecule has 1 spiro atoms. The number of aromatic nitrogens is 2. The van der Waals surface area contributed by atoms with Crippen LogP contribution in [0.25, 0.3) is 0 Å². The molecule has 0 saturated heterocycles. The average Bonchev–Trinajstić information content (AvgIpc) is 3.20. The Morgan fingerprint density at radius 2 is 2.04 bits per heavy atom. The van der Waals surface area contributed by atoms with Gasteiger partial charge in [-0.25, -0.2) is 4.63 Å². The number of hydrogen-bond acceptors (Lipinski definition) is 7. The Morgan fingerprint density at radius 1 is 1.30 bits per heavy atom. The second-order valence-electron chi connectivity index (χ2n) is 7.73. The maximum atomic E-state index is 13.0. The molecular formula is C19H20ClN3O4. The Kier molecular flexibility index (Phi) is 4.22. The van der Waals surface area contributed by atoms with Crippen LogP contribution in [0.1, 0.15) is 44.1 Å². The second-order valence-corrected chi connectivity index (χ2v) is 8.16. The van der Waals surface area contributed by atoms with Crippen LogP contribution in [0.15, 0.2) is 34.1 Å². The highest BCUT2D eigenvalue weighted by Crippen LogP contribution is 2.53. The van der Waals surface area contributed by atoms with E-state index in [9.17, 15) is 4.79 Å². The molecule has 2 heterocycles. The van der Waals surface area contributed by atoms with Crippen molar-refractivity contribution in [2.45, 2.75) is 39.2 Å². The zero-order valence-corrected chi connectivity index (χ0v) is 16.1. The van der Waals surface area contributed by atoms with Crippen LogP contribution in [-0.4, -0.2) is 28.6 Å². The van der Waals surface area contributed by atoms with E-state index in [1.165, 1.54) is 0 Å². The molecular weight excluding hydrogens is 370 g/mol. The molecule has 2 atom stereocenters. The van der Waals surface area contributed by atoms with Gasteiger partial charge in [-0.15, -0.1) is 0 Å². The lowest BCUT2D eigenvalue weighted by atomic mass is 9.64. The Balaban J connectivity index is 1.85. The van der Waals surface area contributed by atoms with Gasteiger partial charge in [-0.1, -0.05) is 53.1 Å². The van der Waals surface area contributed by atoms with Crippen molar-refractivity contribution < 1.29 is 19.0 Å². The summed E-state index contributed by atoms with van der Waals surface area (Å²) >= 11 is 6.01. The lowest BCUT2D eigenvalue weighted by Crippen LogP contribution is -2.49. The fourth-order valence-corrected chi connectivity index (χ4v) is 4.22. The van der Waals surface area contributed by atoms with Gasteiger partial charge in [0.05, 0.1) is 6.61 Å². The third-order valence-corrected chi connectivity index (χ3v) is 5.31. The van der Waals surface area contributed by atoms with Crippen molar-refractivity contribution in [1.29, 1.82) is 0 Å². The lowest BCUT2D eigenvalue weighted by molar-refractivity contribution is -0.160. The van der Waals surface area contributed by atoms with E-state index in [1.54, 1.807) is 19.1 Å². The van der Waals surface area contributed by atoms with E-state index in [2.05, 4.69) is 29.3 Å². The summed E-state index contributed by atoms with van der Waals surface area (Å²) in [4.78, 5) is 19.0. The molecule has 0 unspecified atom stereocenters. The summed E-state index contributed by atoms with van der Waals surface area (Å²) in [6.07, 6.45) is 1.22. The first-order chi connectivity index (χ1) is 12.9. The van der Waals surface area contributed by atoms with E-state index in [1.807, 2.05) is 12.1 Å². The van der Waals surface area contributed by atoms with Crippen molar-refractivity contribution in [3.05, 3.63) is 46.2 Å². The van der Waals surface area contributed by atoms with Crippen LogP contribution in [0.5, 0.6) is 0 Å². The Labute approximate surface area is 161 Å². The van der Waals surface area contributed by atoms with Crippen molar-refractivity contribution in [2.75, 3.05) is 6.61 Å². The molecule has 2 aromatic rings. The van der Waals surface area contributed by atoms with Crippen molar-refractivity contribution >= 4 is 23.3 Å². The molecule has 1 aliphatic heterocycles. The van der Waals surface area contributed by atoms with Crippen LogP contribution >= 0.6 is 11.6 Å². The molecule has 142 valence electrons. The molecule has 0 amide bonds. The third-order valence-electron chi connectivity index (χ3n) is 5.05. The molecule has 4 rings (SSSR count). The van der Waals surface area contributed by atoms with E-state index in [4.69, 9.17) is 25.8 Å². The lowest BCUT2D eigenvalue weighted by Gasteiger charge is -2.40. The number of nitrogens with zero attached hydrogens (tertiary/aromatic N) is 3. The highest BCUT2D eigenvalue weighted by molar-refractivity contribution is 6.30. The maximum Gasteiger partial charge on any atom is 0.319 e. The van der Waals surface area contributed by atoms with E-state index < -0.39 is 17.5 Å². The number of hydrogen-bond donors (Lipinski definition) is 0. The van der Waals surface area contributed by atoms with E-state index in [0.29, 0.717) is 35.0 Å². The summed E-state index contributed by atoms with van der Waals surface area (Å²) < 4.78 is 10.4. The number of esters is 1. The minimum Gasteiger partial charge on any atom is -0.465 e. The summed E-state index contributed by atoms with van der Waals surface area (Å²) in [7, 11) is 0. The molecule has 0 bridgehead atoms. The quantitative estimate of drug-likeness (QED) is 0.746. The van der Waals surface area contributed by atoms with Crippen LogP contribution in [0.2, 0.25) is 5.02 Å². The topological polar surface area (TPSA) is 86.8 Å². The number of rotatable bonds is 3. The minimum atomic E-state index is -1.10. The fraction of sp³-hybridized carbons (Fsp3) is 0.474.